The maximum atomic E-state index is 12.3. The molecule has 0 bridgehead atoms. The van der Waals surface area contributed by atoms with Crippen LogP contribution in [0.25, 0.3) is 0 Å². The third kappa shape index (κ3) is 2.86. The number of hydrogen-bond acceptors (Lipinski definition) is 4. The third-order valence-corrected chi connectivity index (χ3v) is 3.55. The summed E-state index contributed by atoms with van der Waals surface area (Å²) in [5.41, 5.74) is 1.25. The zero-order chi connectivity index (χ0) is 13.8. The smallest absolute Gasteiger partial charge is 0.254 e. The zero-order valence-electron chi connectivity index (χ0n) is 10.9. The Morgan fingerprint density at radius 2 is 2.32 bits per heavy atom. The van der Waals surface area contributed by atoms with Gasteiger partial charge in [-0.3, -0.25) is 4.79 Å². The SMILES string of the molecule is CCC1CN(C(=O)c2cccc(O)c2)CC/C1=N\O. The van der Waals surface area contributed by atoms with Gasteiger partial charge in [0.25, 0.3) is 5.91 Å². The second-order valence-corrected chi connectivity index (χ2v) is 4.75. The summed E-state index contributed by atoms with van der Waals surface area (Å²) in [4.78, 5) is 14.1. The number of amides is 1. The van der Waals surface area contributed by atoms with E-state index in [2.05, 4.69) is 5.16 Å². The lowest BCUT2D eigenvalue weighted by Crippen LogP contribution is -2.44. The summed E-state index contributed by atoms with van der Waals surface area (Å²) in [6.07, 6.45) is 1.43. The van der Waals surface area contributed by atoms with E-state index in [-0.39, 0.29) is 17.6 Å². The number of piperidine rings is 1. The minimum absolute atomic E-state index is 0.0903. The highest BCUT2D eigenvalue weighted by Crippen LogP contribution is 2.20. The van der Waals surface area contributed by atoms with Crippen LogP contribution in [-0.2, 0) is 0 Å². The lowest BCUT2D eigenvalue weighted by Gasteiger charge is -2.32. The summed E-state index contributed by atoms with van der Waals surface area (Å²) in [7, 11) is 0. The highest BCUT2D eigenvalue weighted by atomic mass is 16.4. The molecule has 19 heavy (non-hydrogen) atoms. The van der Waals surface area contributed by atoms with Gasteiger partial charge >= 0.3 is 0 Å². The normalized spacial score (nSPS) is 21.6. The molecule has 0 aliphatic carbocycles. The fourth-order valence-electron chi connectivity index (χ4n) is 2.42. The van der Waals surface area contributed by atoms with Gasteiger partial charge in [0, 0.05) is 31.0 Å². The topological polar surface area (TPSA) is 73.1 Å². The van der Waals surface area contributed by atoms with Crippen molar-refractivity contribution in [1.82, 2.24) is 4.90 Å². The molecule has 5 heteroatoms. The number of nitrogens with zero attached hydrogens (tertiary/aromatic N) is 2. The monoisotopic (exact) mass is 262 g/mol. The number of rotatable bonds is 2. The van der Waals surface area contributed by atoms with Gasteiger partial charge in [0.2, 0.25) is 0 Å². The van der Waals surface area contributed by atoms with E-state index in [9.17, 15) is 9.90 Å². The molecule has 1 fully saturated rings. The number of aromatic hydroxyl groups is 1. The average molecular weight is 262 g/mol. The predicted molar refractivity (Wildman–Crippen MR) is 71.6 cm³/mol. The first-order chi connectivity index (χ1) is 9.15. The number of carbonyl (C=O) groups excluding carboxylic acids is 1. The number of phenols is 1. The number of likely N-dealkylation sites (tertiary alicyclic amines) is 1. The molecule has 0 saturated carbocycles. The van der Waals surface area contributed by atoms with Crippen molar-refractivity contribution in [2.45, 2.75) is 19.8 Å². The molecule has 0 spiro atoms. The maximum Gasteiger partial charge on any atom is 0.254 e. The van der Waals surface area contributed by atoms with Gasteiger partial charge in [0.05, 0.1) is 5.71 Å². The van der Waals surface area contributed by atoms with Crippen molar-refractivity contribution in [3.63, 3.8) is 0 Å². The van der Waals surface area contributed by atoms with Crippen molar-refractivity contribution in [1.29, 1.82) is 0 Å². The summed E-state index contributed by atoms with van der Waals surface area (Å²) in [6, 6.07) is 6.36. The van der Waals surface area contributed by atoms with Crippen LogP contribution in [0.5, 0.6) is 5.75 Å². The van der Waals surface area contributed by atoms with Gasteiger partial charge in [-0.25, -0.2) is 0 Å². The van der Waals surface area contributed by atoms with Crippen LogP contribution in [0.4, 0.5) is 0 Å². The van der Waals surface area contributed by atoms with Crippen molar-refractivity contribution in [3.05, 3.63) is 29.8 Å². The Kier molecular flexibility index (Phi) is 4.04. The Hall–Kier alpha value is -2.04. The molecule has 1 aliphatic rings. The number of carbonyl (C=O) groups is 1. The molecule has 1 aromatic carbocycles. The molecule has 0 radical (unpaired) electrons. The van der Waals surface area contributed by atoms with Gasteiger partial charge < -0.3 is 15.2 Å². The Balaban J connectivity index is 2.13. The van der Waals surface area contributed by atoms with Crippen LogP contribution in [0.3, 0.4) is 0 Å². The molecule has 2 N–H and O–H groups in total. The minimum atomic E-state index is -0.0914. The van der Waals surface area contributed by atoms with Crippen LogP contribution in [-0.4, -0.2) is 39.9 Å². The molecule has 2 rings (SSSR count). The average Bonchev–Trinajstić information content (AvgIpc) is 2.45. The molecule has 1 saturated heterocycles. The molecule has 1 amide bonds. The van der Waals surface area contributed by atoms with Crippen molar-refractivity contribution in [2.24, 2.45) is 11.1 Å². The van der Waals surface area contributed by atoms with Crippen LogP contribution in [0.15, 0.2) is 29.4 Å². The highest BCUT2D eigenvalue weighted by Gasteiger charge is 2.28. The number of oxime groups is 1. The standard InChI is InChI=1S/C14H18N2O3/c1-2-10-9-16(7-6-13(10)15-19)14(18)11-4-3-5-12(17)8-11/h3-5,8,10,17,19H,2,6-7,9H2,1H3/b15-13+. The van der Waals surface area contributed by atoms with Crippen LogP contribution in [0.2, 0.25) is 0 Å². The summed E-state index contributed by atoms with van der Waals surface area (Å²) in [5.74, 6) is 0.110. The van der Waals surface area contributed by atoms with E-state index in [1.165, 1.54) is 6.07 Å². The maximum absolute atomic E-state index is 12.3. The molecule has 0 aromatic heterocycles. The van der Waals surface area contributed by atoms with E-state index in [1.807, 2.05) is 6.92 Å². The fourth-order valence-corrected chi connectivity index (χ4v) is 2.42. The second-order valence-electron chi connectivity index (χ2n) is 4.75. The summed E-state index contributed by atoms with van der Waals surface area (Å²) < 4.78 is 0. The van der Waals surface area contributed by atoms with Crippen molar-refractivity contribution >= 4 is 11.6 Å². The van der Waals surface area contributed by atoms with Gasteiger partial charge in [0.1, 0.15) is 5.75 Å². The summed E-state index contributed by atoms with van der Waals surface area (Å²) in [6.45, 7) is 3.12. The lowest BCUT2D eigenvalue weighted by molar-refractivity contribution is 0.0728. The number of phenolic OH excluding ortho intramolecular Hbond substituents is 1. The molecule has 1 atom stereocenters. The molecular formula is C14H18N2O3. The van der Waals surface area contributed by atoms with Gasteiger partial charge in [-0.15, -0.1) is 0 Å². The highest BCUT2D eigenvalue weighted by molar-refractivity contribution is 5.96. The quantitative estimate of drug-likeness (QED) is 0.633. The first-order valence-electron chi connectivity index (χ1n) is 6.44. The van der Waals surface area contributed by atoms with Crippen LogP contribution in [0, 0.1) is 5.92 Å². The largest absolute Gasteiger partial charge is 0.508 e. The molecule has 1 aromatic rings. The second kappa shape index (κ2) is 5.73. The molecule has 5 nitrogen and oxygen atoms in total. The van der Waals surface area contributed by atoms with Crippen molar-refractivity contribution < 1.29 is 15.1 Å². The van der Waals surface area contributed by atoms with Gasteiger partial charge in [-0.2, -0.15) is 0 Å². The van der Waals surface area contributed by atoms with E-state index in [0.29, 0.717) is 25.1 Å². The third-order valence-electron chi connectivity index (χ3n) is 3.55. The molecule has 1 aliphatic heterocycles. The first-order valence-corrected chi connectivity index (χ1v) is 6.44. The summed E-state index contributed by atoms with van der Waals surface area (Å²) >= 11 is 0. The van der Waals surface area contributed by atoms with E-state index in [0.717, 1.165) is 12.1 Å². The van der Waals surface area contributed by atoms with E-state index >= 15 is 0 Å². The van der Waals surface area contributed by atoms with E-state index in [4.69, 9.17) is 5.21 Å². The first kappa shape index (κ1) is 13.4. The zero-order valence-corrected chi connectivity index (χ0v) is 10.9. The minimum Gasteiger partial charge on any atom is -0.508 e. The van der Waals surface area contributed by atoms with Crippen LogP contribution >= 0.6 is 0 Å². The molecule has 102 valence electrons. The number of benzene rings is 1. The Labute approximate surface area is 112 Å². The van der Waals surface area contributed by atoms with Gasteiger partial charge in [0.15, 0.2) is 0 Å². The molecule has 1 unspecified atom stereocenters. The van der Waals surface area contributed by atoms with Gasteiger partial charge in [-0.05, 0) is 24.6 Å². The Morgan fingerprint density at radius 3 is 2.95 bits per heavy atom. The fraction of sp³-hybridized carbons (Fsp3) is 0.429. The Bertz CT molecular complexity index is 499. The van der Waals surface area contributed by atoms with Gasteiger partial charge in [-0.1, -0.05) is 18.1 Å². The molecule has 1 heterocycles. The van der Waals surface area contributed by atoms with E-state index < -0.39 is 0 Å². The summed E-state index contributed by atoms with van der Waals surface area (Å²) in [5, 5.41) is 21.7. The molecular weight excluding hydrogens is 244 g/mol. The van der Waals surface area contributed by atoms with Crippen molar-refractivity contribution in [2.75, 3.05) is 13.1 Å². The Morgan fingerprint density at radius 1 is 1.53 bits per heavy atom. The predicted octanol–water partition coefficient (Wildman–Crippen LogP) is 2.09. The lowest BCUT2D eigenvalue weighted by atomic mass is 9.93. The van der Waals surface area contributed by atoms with Crippen molar-refractivity contribution in [3.8, 4) is 5.75 Å². The van der Waals surface area contributed by atoms with Crippen LogP contribution in [0.1, 0.15) is 30.1 Å². The van der Waals surface area contributed by atoms with Crippen LogP contribution < -0.4 is 0 Å². The van der Waals surface area contributed by atoms with E-state index in [1.54, 1.807) is 23.1 Å². The number of hydrogen-bond donors (Lipinski definition) is 2.